The molecule has 0 atom stereocenters. The van der Waals surface area contributed by atoms with Crippen LogP contribution in [0.5, 0.6) is 0 Å². The van der Waals surface area contributed by atoms with E-state index in [0.717, 1.165) is 0 Å². The van der Waals surface area contributed by atoms with E-state index in [2.05, 4.69) is 0 Å². The molecule has 0 aliphatic rings. The van der Waals surface area contributed by atoms with Gasteiger partial charge in [-0.1, -0.05) is 91.0 Å². The third-order valence-electron chi connectivity index (χ3n) is 5.10. The van der Waals surface area contributed by atoms with Crippen LogP contribution in [0, 0.1) is 0 Å². The Morgan fingerprint density at radius 3 is 0.447 bits per heavy atom. The van der Waals surface area contributed by atoms with Crippen LogP contribution in [0.2, 0.25) is 0 Å². The molecule has 0 heterocycles. The zero-order chi connectivity index (χ0) is 33.5. The summed E-state index contributed by atoms with van der Waals surface area (Å²) in [4.78, 5) is 51.0. The van der Waals surface area contributed by atoms with Crippen LogP contribution < -0.4 is 59.1 Å². The first-order chi connectivity index (χ1) is 21.5. The SMILES string of the molecule is O=C(O)c1ccccc1.O=C(O)c1ccccc1.O=C(O)c1ccccc1.O=C(O)c1ccccc1.O=C(O)c1ccccc1.[H-].[H-].[Na+].[Na+]. The first-order valence-electron chi connectivity index (χ1n) is 12.9. The van der Waals surface area contributed by atoms with Crippen LogP contribution in [0.25, 0.3) is 0 Å². The summed E-state index contributed by atoms with van der Waals surface area (Å²) >= 11 is 0. The van der Waals surface area contributed by atoms with Gasteiger partial charge in [0.1, 0.15) is 0 Å². The van der Waals surface area contributed by atoms with Gasteiger partial charge >= 0.3 is 89.0 Å². The van der Waals surface area contributed by atoms with Crippen LogP contribution in [-0.2, 0) is 0 Å². The van der Waals surface area contributed by atoms with Crippen molar-refractivity contribution < 1.29 is 111 Å². The minimum Gasteiger partial charge on any atom is -1.00 e. The fraction of sp³-hybridized carbons (Fsp3) is 0. The molecule has 10 nitrogen and oxygen atoms in total. The van der Waals surface area contributed by atoms with Crippen molar-refractivity contribution in [1.82, 2.24) is 0 Å². The summed E-state index contributed by atoms with van der Waals surface area (Å²) in [5.74, 6) is -4.40. The number of benzene rings is 5. The number of carboxylic acid groups (broad SMARTS) is 5. The molecule has 0 fully saturated rings. The second kappa shape index (κ2) is 26.6. The smallest absolute Gasteiger partial charge is 1.00 e. The van der Waals surface area contributed by atoms with E-state index in [1.165, 1.54) is 0 Å². The van der Waals surface area contributed by atoms with Gasteiger partial charge in [0.25, 0.3) is 0 Å². The second-order valence-corrected chi connectivity index (χ2v) is 8.36. The summed E-state index contributed by atoms with van der Waals surface area (Å²) in [6, 6.07) is 41.5. The molecule has 5 aromatic carbocycles. The molecule has 12 heteroatoms. The Kier molecular flexibility index (Phi) is 25.3. The topological polar surface area (TPSA) is 186 Å². The number of rotatable bonds is 5. The molecule has 0 aromatic heterocycles. The van der Waals surface area contributed by atoms with Gasteiger partial charge in [-0.15, -0.1) is 0 Å². The Morgan fingerprint density at radius 2 is 0.383 bits per heavy atom. The first kappa shape index (κ1) is 44.6. The van der Waals surface area contributed by atoms with E-state index >= 15 is 0 Å². The van der Waals surface area contributed by atoms with E-state index in [-0.39, 0.29) is 62.0 Å². The molecule has 5 aromatic rings. The average Bonchev–Trinajstić information content (AvgIpc) is 3.08. The van der Waals surface area contributed by atoms with Gasteiger partial charge in [0.2, 0.25) is 0 Å². The zero-order valence-corrected chi connectivity index (χ0v) is 29.7. The Hall–Kier alpha value is -4.55. The van der Waals surface area contributed by atoms with E-state index in [4.69, 9.17) is 25.5 Å². The van der Waals surface area contributed by atoms with Crippen LogP contribution >= 0.6 is 0 Å². The molecule has 0 aliphatic carbocycles. The molecule has 0 spiro atoms. The van der Waals surface area contributed by atoms with Crippen LogP contribution in [-0.4, -0.2) is 55.4 Å². The van der Waals surface area contributed by atoms with Crippen molar-refractivity contribution in [3.8, 4) is 0 Å². The summed E-state index contributed by atoms with van der Waals surface area (Å²) in [5, 5.41) is 41.9. The van der Waals surface area contributed by atoms with Gasteiger partial charge in [0, 0.05) is 0 Å². The predicted molar refractivity (Wildman–Crippen MR) is 169 cm³/mol. The van der Waals surface area contributed by atoms with E-state index < -0.39 is 29.8 Å². The maximum absolute atomic E-state index is 10.2. The third kappa shape index (κ3) is 21.0. The largest absolute Gasteiger partial charge is 1.00 e. The maximum Gasteiger partial charge on any atom is 1.00 e. The molecule has 5 rings (SSSR count). The van der Waals surface area contributed by atoms with Gasteiger partial charge in [-0.2, -0.15) is 0 Å². The number of aromatic carboxylic acids is 5. The first-order valence-corrected chi connectivity index (χ1v) is 12.9. The second-order valence-electron chi connectivity index (χ2n) is 8.36. The van der Waals surface area contributed by atoms with Gasteiger partial charge in [-0.25, -0.2) is 24.0 Å². The van der Waals surface area contributed by atoms with Gasteiger partial charge < -0.3 is 28.4 Å². The minimum atomic E-state index is -0.879. The van der Waals surface area contributed by atoms with Crippen molar-refractivity contribution in [3.63, 3.8) is 0 Å². The minimum absolute atomic E-state index is 0. The van der Waals surface area contributed by atoms with E-state index in [0.29, 0.717) is 27.8 Å². The van der Waals surface area contributed by atoms with E-state index in [9.17, 15) is 24.0 Å². The molecule has 0 amide bonds. The Labute approximate surface area is 318 Å². The quantitative estimate of drug-likeness (QED) is 0.172. The molecule has 0 bridgehead atoms. The Balaban J connectivity index is -0.000000253. The molecule has 0 saturated carbocycles. The van der Waals surface area contributed by atoms with Crippen LogP contribution in [0.1, 0.15) is 54.6 Å². The third-order valence-corrected chi connectivity index (χ3v) is 5.10. The average molecular weight is 659 g/mol. The van der Waals surface area contributed by atoms with Crippen molar-refractivity contribution in [3.05, 3.63) is 179 Å². The Bertz CT molecular complexity index is 1330. The molecule has 0 aliphatic heterocycles. The predicted octanol–water partition coefficient (Wildman–Crippen LogP) is 1.16. The van der Waals surface area contributed by atoms with Gasteiger partial charge in [0.15, 0.2) is 0 Å². The van der Waals surface area contributed by atoms with Crippen molar-refractivity contribution in [2.75, 3.05) is 0 Å². The fourth-order valence-corrected chi connectivity index (χ4v) is 2.90. The summed E-state index contributed by atoms with van der Waals surface area (Å²) in [7, 11) is 0. The molecular weight excluding hydrogens is 626 g/mol. The molecule has 47 heavy (non-hydrogen) atoms. The van der Waals surface area contributed by atoms with Crippen LogP contribution in [0.4, 0.5) is 0 Å². The molecule has 5 N–H and O–H groups in total. The van der Waals surface area contributed by atoms with Crippen LogP contribution in [0.3, 0.4) is 0 Å². The number of carboxylic acids is 5. The summed E-state index contributed by atoms with van der Waals surface area (Å²) in [6.07, 6.45) is 0. The monoisotopic (exact) mass is 658 g/mol. The van der Waals surface area contributed by atoms with E-state index in [1.807, 2.05) is 0 Å². The molecular formula is C35H32Na2O10. The fourth-order valence-electron chi connectivity index (χ4n) is 2.90. The zero-order valence-electron chi connectivity index (χ0n) is 27.7. The van der Waals surface area contributed by atoms with Crippen molar-refractivity contribution in [2.24, 2.45) is 0 Å². The van der Waals surface area contributed by atoms with Crippen LogP contribution in [0.15, 0.2) is 152 Å². The number of hydrogen-bond donors (Lipinski definition) is 5. The molecule has 234 valence electrons. The van der Waals surface area contributed by atoms with Gasteiger partial charge in [-0.3, -0.25) is 0 Å². The summed E-state index contributed by atoms with van der Waals surface area (Å²) < 4.78 is 0. The molecule has 0 saturated heterocycles. The molecule has 0 radical (unpaired) electrons. The number of carbonyl (C=O) groups is 5. The molecule has 0 unspecified atom stereocenters. The summed E-state index contributed by atoms with van der Waals surface area (Å²) in [5.41, 5.74) is 1.66. The number of hydrogen-bond acceptors (Lipinski definition) is 5. The van der Waals surface area contributed by atoms with Gasteiger partial charge in [0.05, 0.1) is 27.8 Å². The van der Waals surface area contributed by atoms with Crippen molar-refractivity contribution in [1.29, 1.82) is 0 Å². The normalized spacial score (nSPS) is 8.51. The standard InChI is InChI=1S/5C7H6O2.2Na.2H/c5*8-7(9)6-4-2-1-3-5-6;;;;/h5*1-5H,(H,8,9);;;;/q;;;;;2*+1;2*-1. The summed E-state index contributed by atoms with van der Waals surface area (Å²) in [6.45, 7) is 0. The Morgan fingerprint density at radius 1 is 0.277 bits per heavy atom. The van der Waals surface area contributed by atoms with Crippen molar-refractivity contribution >= 4 is 29.8 Å². The van der Waals surface area contributed by atoms with E-state index in [1.54, 1.807) is 152 Å². The van der Waals surface area contributed by atoms with Crippen molar-refractivity contribution in [2.45, 2.75) is 0 Å². The van der Waals surface area contributed by atoms with Gasteiger partial charge in [-0.05, 0) is 60.7 Å². The maximum atomic E-state index is 10.2.